The third-order valence-corrected chi connectivity index (χ3v) is 7.70. The summed E-state index contributed by atoms with van der Waals surface area (Å²) in [5.41, 5.74) is 0. The van der Waals surface area contributed by atoms with Gasteiger partial charge in [-0.15, -0.1) is 0 Å². The molecule has 0 N–H and O–H groups in total. The lowest BCUT2D eigenvalue weighted by Crippen LogP contribution is -1.99. The summed E-state index contributed by atoms with van der Waals surface area (Å²) >= 11 is 0. The number of hydrogen-bond acceptors (Lipinski definition) is 2. The average Bonchev–Trinajstić information content (AvgIpc) is 3.55. The van der Waals surface area contributed by atoms with E-state index in [1.165, 1.54) is 122 Å². The first-order valence-electron chi connectivity index (χ1n) is 16.0. The third-order valence-electron chi connectivity index (χ3n) is 7.70. The molecule has 0 saturated carbocycles. The van der Waals surface area contributed by atoms with E-state index in [0.717, 1.165) is 42.3 Å². The van der Waals surface area contributed by atoms with Crippen LogP contribution < -0.4 is 0 Å². The van der Waals surface area contributed by atoms with Gasteiger partial charge < -0.3 is 8.83 Å². The Morgan fingerprint density at radius 3 is 1.22 bits per heavy atom. The summed E-state index contributed by atoms with van der Waals surface area (Å²) in [6.07, 6.45) is 28.6. The van der Waals surface area contributed by atoms with Crippen LogP contribution in [0.5, 0.6) is 0 Å². The molecule has 206 valence electrons. The Balaban J connectivity index is 1.87. The molecule has 0 unspecified atom stereocenters. The summed E-state index contributed by atoms with van der Waals surface area (Å²) in [7, 11) is 0. The van der Waals surface area contributed by atoms with Crippen LogP contribution in [0.3, 0.4) is 0 Å². The van der Waals surface area contributed by atoms with E-state index in [9.17, 15) is 0 Å². The fraction of sp³-hybridized carbons (Fsp3) is 0.765. The van der Waals surface area contributed by atoms with Gasteiger partial charge in [0.25, 0.3) is 0 Å². The first-order chi connectivity index (χ1) is 17.8. The van der Waals surface area contributed by atoms with Gasteiger partial charge in [-0.2, -0.15) is 0 Å². The first-order valence-corrected chi connectivity index (χ1v) is 16.0. The van der Waals surface area contributed by atoms with Crippen molar-refractivity contribution in [2.45, 2.75) is 168 Å². The zero-order valence-electron chi connectivity index (χ0n) is 24.3. The standard InChI is InChI=1S/C34H58O2/c1-4-7-10-13-14-15-16-19-22-25-32(33-28-26-30(35-33)23-20-17-11-8-5-2)34-29-27-31(36-34)24-21-18-12-9-6-3/h26-29,32H,4-25H2,1-3H3. The largest absolute Gasteiger partial charge is 0.465 e. The fourth-order valence-corrected chi connectivity index (χ4v) is 5.32. The predicted molar refractivity (Wildman–Crippen MR) is 156 cm³/mol. The molecule has 36 heavy (non-hydrogen) atoms. The summed E-state index contributed by atoms with van der Waals surface area (Å²) in [6, 6.07) is 8.89. The molecule has 0 aromatic carbocycles. The second-order valence-electron chi connectivity index (χ2n) is 11.1. The average molecular weight is 499 g/mol. The molecule has 2 rings (SSSR count). The normalized spacial score (nSPS) is 11.7. The van der Waals surface area contributed by atoms with Gasteiger partial charge >= 0.3 is 0 Å². The molecule has 2 heterocycles. The highest BCUT2D eigenvalue weighted by atomic mass is 16.4. The second kappa shape index (κ2) is 20.6. The maximum Gasteiger partial charge on any atom is 0.114 e. The van der Waals surface area contributed by atoms with Gasteiger partial charge in [-0.25, -0.2) is 0 Å². The number of aryl methyl sites for hydroxylation is 2. The molecule has 2 aromatic heterocycles. The highest BCUT2D eigenvalue weighted by Crippen LogP contribution is 2.33. The fourth-order valence-electron chi connectivity index (χ4n) is 5.32. The van der Waals surface area contributed by atoms with Crippen LogP contribution in [0.15, 0.2) is 33.1 Å². The predicted octanol–water partition coefficient (Wildman–Crippen LogP) is 12.0. The van der Waals surface area contributed by atoms with Crippen molar-refractivity contribution in [2.24, 2.45) is 0 Å². The van der Waals surface area contributed by atoms with E-state index in [2.05, 4.69) is 45.0 Å². The van der Waals surface area contributed by atoms with Gasteiger partial charge in [-0.05, 0) is 43.5 Å². The SMILES string of the molecule is CCCCCCCCCCCC(c1ccc(CCCCCCC)o1)c1ccc(CCCCCCC)o1. The van der Waals surface area contributed by atoms with E-state index in [4.69, 9.17) is 8.83 Å². The van der Waals surface area contributed by atoms with Crippen molar-refractivity contribution >= 4 is 0 Å². The highest BCUT2D eigenvalue weighted by molar-refractivity contribution is 5.23. The van der Waals surface area contributed by atoms with Crippen LogP contribution >= 0.6 is 0 Å². The van der Waals surface area contributed by atoms with Crippen molar-refractivity contribution < 1.29 is 8.83 Å². The number of furan rings is 2. The monoisotopic (exact) mass is 498 g/mol. The molecule has 0 amide bonds. The molecule has 2 aromatic rings. The van der Waals surface area contributed by atoms with Crippen LogP contribution in [0.25, 0.3) is 0 Å². The van der Waals surface area contributed by atoms with Crippen LogP contribution in [0.4, 0.5) is 0 Å². The molecule has 0 radical (unpaired) electrons. The van der Waals surface area contributed by atoms with Gasteiger partial charge in [0, 0.05) is 12.8 Å². The lowest BCUT2D eigenvalue weighted by atomic mass is 9.95. The molecule has 0 spiro atoms. The number of rotatable bonds is 24. The van der Waals surface area contributed by atoms with Crippen LogP contribution in [-0.2, 0) is 12.8 Å². The molecule has 0 bridgehead atoms. The molecular formula is C34H58O2. The van der Waals surface area contributed by atoms with Crippen molar-refractivity contribution in [3.63, 3.8) is 0 Å². The quantitative estimate of drug-likeness (QED) is 0.134. The van der Waals surface area contributed by atoms with Crippen molar-refractivity contribution in [3.8, 4) is 0 Å². The molecule has 0 fully saturated rings. The Hall–Kier alpha value is -1.44. The zero-order chi connectivity index (χ0) is 25.7. The topological polar surface area (TPSA) is 26.3 Å². The lowest BCUT2D eigenvalue weighted by Gasteiger charge is -2.13. The molecule has 0 atom stereocenters. The van der Waals surface area contributed by atoms with Gasteiger partial charge in [-0.3, -0.25) is 0 Å². The Morgan fingerprint density at radius 1 is 0.444 bits per heavy atom. The highest BCUT2D eigenvalue weighted by Gasteiger charge is 2.21. The van der Waals surface area contributed by atoms with E-state index in [1.54, 1.807) is 0 Å². The van der Waals surface area contributed by atoms with E-state index < -0.39 is 0 Å². The minimum atomic E-state index is 0.261. The van der Waals surface area contributed by atoms with Crippen LogP contribution in [0.2, 0.25) is 0 Å². The van der Waals surface area contributed by atoms with Crippen molar-refractivity contribution in [1.29, 1.82) is 0 Å². The molecule has 0 aliphatic rings. The molecule has 0 aliphatic heterocycles. The summed E-state index contributed by atoms with van der Waals surface area (Å²) in [5.74, 6) is 4.80. The molecule has 0 saturated heterocycles. The molecule has 2 nitrogen and oxygen atoms in total. The Bertz CT molecular complexity index is 688. The second-order valence-corrected chi connectivity index (χ2v) is 11.1. The van der Waals surface area contributed by atoms with Gasteiger partial charge in [0.1, 0.15) is 23.0 Å². The number of hydrogen-bond donors (Lipinski definition) is 0. The van der Waals surface area contributed by atoms with Crippen LogP contribution in [-0.4, -0.2) is 0 Å². The minimum Gasteiger partial charge on any atom is -0.465 e. The van der Waals surface area contributed by atoms with Crippen molar-refractivity contribution in [1.82, 2.24) is 0 Å². The Morgan fingerprint density at radius 2 is 0.806 bits per heavy atom. The van der Waals surface area contributed by atoms with Crippen LogP contribution in [0, 0.1) is 0 Å². The maximum absolute atomic E-state index is 6.41. The minimum absolute atomic E-state index is 0.261. The van der Waals surface area contributed by atoms with Crippen molar-refractivity contribution in [2.75, 3.05) is 0 Å². The summed E-state index contributed by atoms with van der Waals surface area (Å²) in [4.78, 5) is 0. The molecular weight excluding hydrogens is 440 g/mol. The zero-order valence-corrected chi connectivity index (χ0v) is 24.3. The van der Waals surface area contributed by atoms with Gasteiger partial charge in [-0.1, -0.05) is 130 Å². The van der Waals surface area contributed by atoms with Crippen molar-refractivity contribution in [3.05, 3.63) is 47.3 Å². The third kappa shape index (κ3) is 13.2. The summed E-state index contributed by atoms with van der Waals surface area (Å²) < 4.78 is 12.8. The number of unbranched alkanes of at least 4 members (excludes halogenated alkanes) is 16. The smallest absolute Gasteiger partial charge is 0.114 e. The summed E-state index contributed by atoms with van der Waals surface area (Å²) in [6.45, 7) is 6.85. The van der Waals surface area contributed by atoms with E-state index in [0.29, 0.717) is 0 Å². The van der Waals surface area contributed by atoms with E-state index in [1.807, 2.05) is 0 Å². The van der Waals surface area contributed by atoms with Gasteiger partial charge in [0.2, 0.25) is 0 Å². The molecule has 0 aliphatic carbocycles. The maximum atomic E-state index is 6.41. The first kappa shape index (κ1) is 30.8. The van der Waals surface area contributed by atoms with E-state index >= 15 is 0 Å². The lowest BCUT2D eigenvalue weighted by molar-refractivity contribution is 0.376. The molecule has 2 heteroatoms. The summed E-state index contributed by atoms with van der Waals surface area (Å²) in [5, 5.41) is 0. The van der Waals surface area contributed by atoms with Crippen LogP contribution in [0.1, 0.15) is 178 Å². The van der Waals surface area contributed by atoms with Gasteiger partial charge in [0.15, 0.2) is 0 Å². The van der Waals surface area contributed by atoms with E-state index in [-0.39, 0.29) is 5.92 Å². The Kier molecular flexibility index (Phi) is 17.6. The Labute approximate surface area is 224 Å². The van der Waals surface area contributed by atoms with Gasteiger partial charge in [0.05, 0.1) is 5.92 Å².